The summed E-state index contributed by atoms with van der Waals surface area (Å²) in [5.74, 6) is 0.745. The molecule has 1 aromatic rings. The Kier molecular flexibility index (Phi) is 4.49. The molecule has 1 amide bonds. The van der Waals surface area contributed by atoms with E-state index in [0.717, 1.165) is 24.5 Å². The van der Waals surface area contributed by atoms with Crippen molar-refractivity contribution in [2.24, 2.45) is 5.73 Å². The van der Waals surface area contributed by atoms with Crippen molar-refractivity contribution in [2.75, 3.05) is 7.05 Å². The largest absolute Gasteiger partial charge is 0.368 e. The highest BCUT2D eigenvalue weighted by atomic mass is 16.1. The van der Waals surface area contributed by atoms with Crippen molar-refractivity contribution in [2.45, 2.75) is 39.3 Å². The molecule has 1 aromatic heterocycles. The first-order valence-corrected chi connectivity index (χ1v) is 5.57. The third kappa shape index (κ3) is 3.06. The van der Waals surface area contributed by atoms with E-state index in [1.54, 1.807) is 7.05 Å². The van der Waals surface area contributed by atoms with Gasteiger partial charge in [0.1, 0.15) is 5.82 Å². The lowest BCUT2D eigenvalue weighted by molar-refractivity contribution is -0.120. The number of imidazole rings is 1. The number of carbonyl (C=O) groups is 1. The zero-order valence-corrected chi connectivity index (χ0v) is 10.2. The molecular formula is C11H20N4O. The van der Waals surface area contributed by atoms with Gasteiger partial charge >= 0.3 is 0 Å². The van der Waals surface area contributed by atoms with E-state index in [1.165, 1.54) is 0 Å². The van der Waals surface area contributed by atoms with E-state index < -0.39 is 0 Å². The van der Waals surface area contributed by atoms with E-state index in [-0.39, 0.29) is 11.9 Å². The highest BCUT2D eigenvalue weighted by Crippen LogP contribution is 2.05. The minimum Gasteiger partial charge on any atom is -0.368 e. The molecule has 5 heteroatoms. The third-order valence-corrected chi connectivity index (χ3v) is 2.65. The lowest BCUT2D eigenvalue weighted by Crippen LogP contribution is -2.39. The number of aryl methyl sites for hydroxylation is 3. The van der Waals surface area contributed by atoms with Gasteiger partial charge in [-0.2, -0.15) is 0 Å². The Morgan fingerprint density at radius 2 is 2.38 bits per heavy atom. The lowest BCUT2D eigenvalue weighted by atomic mass is 10.2. The van der Waals surface area contributed by atoms with Crippen molar-refractivity contribution in [3.8, 4) is 0 Å². The van der Waals surface area contributed by atoms with Gasteiger partial charge in [-0.3, -0.25) is 4.79 Å². The number of carbonyl (C=O) groups excluding carboxylic acids is 1. The van der Waals surface area contributed by atoms with Crippen molar-refractivity contribution in [1.29, 1.82) is 0 Å². The molecule has 0 bridgehead atoms. The Balaban J connectivity index is 2.62. The van der Waals surface area contributed by atoms with Crippen LogP contribution in [0, 0.1) is 6.92 Å². The molecular weight excluding hydrogens is 204 g/mol. The number of rotatable bonds is 6. The van der Waals surface area contributed by atoms with E-state index in [2.05, 4.69) is 21.8 Å². The number of primary amides is 1. The van der Waals surface area contributed by atoms with Gasteiger partial charge in [-0.25, -0.2) is 4.98 Å². The number of nitrogens with zero attached hydrogens (tertiary/aromatic N) is 2. The maximum absolute atomic E-state index is 11.0. The standard InChI is InChI=1S/C11H20N4O/c1-4-10-14-8(2)7-15(10)6-5-9(13-3)11(12)16/h7,9,13H,4-6H2,1-3H3,(H2,12,16). The summed E-state index contributed by atoms with van der Waals surface area (Å²) in [7, 11) is 1.75. The van der Waals surface area contributed by atoms with Crippen molar-refractivity contribution >= 4 is 5.91 Å². The Bertz CT molecular complexity index is 359. The van der Waals surface area contributed by atoms with Crippen LogP contribution < -0.4 is 11.1 Å². The maximum atomic E-state index is 11.0. The van der Waals surface area contributed by atoms with Gasteiger partial charge in [0.2, 0.25) is 5.91 Å². The monoisotopic (exact) mass is 224 g/mol. The summed E-state index contributed by atoms with van der Waals surface area (Å²) in [6.07, 6.45) is 3.59. The van der Waals surface area contributed by atoms with Gasteiger partial charge in [0.15, 0.2) is 0 Å². The van der Waals surface area contributed by atoms with Crippen LogP contribution >= 0.6 is 0 Å². The smallest absolute Gasteiger partial charge is 0.234 e. The van der Waals surface area contributed by atoms with Crippen molar-refractivity contribution in [1.82, 2.24) is 14.9 Å². The molecule has 1 unspecified atom stereocenters. The van der Waals surface area contributed by atoms with Gasteiger partial charge in [0.25, 0.3) is 0 Å². The Morgan fingerprint density at radius 1 is 1.69 bits per heavy atom. The number of amides is 1. The van der Waals surface area contributed by atoms with Gasteiger partial charge in [-0.15, -0.1) is 0 Å². The molecule has 0 aliphatic carbocycles. The van der Waals surface area contributed by atoms with Crippen LogP contribution in [0.4, 0.5) is 0 Å². The van der Waals surface area contributed by atoms with Crippen LogP contribution in [0.15, 0.2) is 6.20 Å². The molecule has 0 fully saturated rings. The molecule has 0 radical (unpaired) electrons. The van der Waals surface area contributed by atoms with Crippen LogP contribution in [0.2, 0.25) is 0 Å². The first kappa shape index (κ1) is 12.7. The van der Waals surface area contributed by atoms with Crippen LogP contribution in [0.25, 0.3) is 0 Å². The number of nitrogens with two attached hydrogens (primary N) is 1. The molecule has 16 heavy (non-hydrogen) atoms. The maximum Gasteiger partial charge on any atom is 0.234 e. The van der Waals surface area contributed by atoms with Gasteiger partial charge in [0.05, 0.1) is 11.7 Å². The molecule has 0 saturated carbocycles. The summed E-state index contributed by atoms with van der Waals surface area (Å²) in [5, 5.41) is 2.91. The van der Waals surface area contributed by atoms with Crippen LogP contribution in [-0.4, -0.2) is 28.5 Å². The van der Waals surface area contributed by atoms with Crippen LogP contribution in [0.3, 0.4) is 0 Å². The Labute approximate surface area is 96.0 Å². The summed E-state index contributed by atoms with van der Waals surface area (Å²) in [6, 6.07) is -0.271. The zero-order chi connectivity index (χ0) is 12.1. The predicted octanol–water partition coefficient (Wildman–Crippen LogP) is 0.217. The van der Waals surface area contributed by atoms with Gasteiger partial charge < -0.3 is 15.6 Å². The Morgan fingerprint density at radius 3 is 2.88 bits per heavy atom. The molecule has 0 saturated heterocycles. The zero-order valence-electron chi connectivity index (χ0n) is 10.2. The van der Waals surface area contributed by atoms with Gasteiger partial charge in [-0.05, 0) is 20.4 Å². The van der Waals surface area contributed by atoms with Gasteiger partial charge in [-0.1, -0.05) is 6.92 Å². The molecule has 1 atom stereocenters. The molecule has 0 aliphatic heterocycles. The average molecular weight is 224 g/mol. The summed E-state index contributed by atoms with van der Waals surface area (Å²) >= 11 is 0. The highest BCUT2D eigenvalue weighted by molar-refractivity contribution is 5.79. The number of hydrogen-bond donors (Lipinski definition) is 2. The minimum absolute atomic E-state index is 0.271. The fraction of sp³-hybridized carbons (Fsp3) is 0.636. The topological polar surface area (TPSA) is 72.9 Å². The molecule has 1 rings (SSSR count). The van der Waals surface area contributed by atoms with E-state index in [9.17, 15) is 4.79 Å². The summed E-state index contributed by atoms with van der Waals surface area (Å²) < 4.78 is 2.09. The molecule has 5 nitrogen and oxygen atoms in total. The molecule has 0 aromatic carbocycles. The van der Waals surface area contributed by atoms with E-state index in [4.69, 9.17) is 5.73 Å². The minimum atomic E-state index is -0.308. The fourth-order valence-corrected chi connectivity index (χ4v) is 1.77. The van der Waals surface area contributed by atoms with E-state index in [0.29, 0.717) is 6.42 Å². The SMILES string of the molecule is CCc1nc(C)cn1CCC(NC)C(N)=O. The number of aromatic nitrogens is 2. The molecule has 3 N–H and O–H groups in total. The Hall–Kier alpha value is -1.36. The van der Waals surface area contributed by atoms with E-state index >= 15 is 0 Å². The average Bonchev–Trinajstić information content (AvgIpc) is 2.59. The number of likely N-dealkylation sites (N-methyl/N-ethyl adjacent to an activating group) is 1. The highest BCUT2D eigenvalue weighted by Gasteiger charge is 2.13. The first-order chi connectivity index (χ1) is 7.58. The summed E-state index contributed by atoms with van der Waals surface area (Å²) in [5.41, 5.74) is 6.27. The quantitative estimate of drug-likeness (QED) is 0.726. The summed E-state index contributed by atoms with van der Waals surface area (Å²) in [6.45, 7) is 4.81. The summed E-state index contributed by atoms with van der Waals surface area (Å²) in [4.78, 5) is 15.5. The molecule has 1 heterocycles. The third-order valence-electron chi connectivity index (χ3n) is 2.65. The second-order valence-corrected chi connectivity index (χ2v) is 3.88. The number of hydrogen-bond acceptors (Lipinski definition) is 3. The normalized spacial score (nSPS) is 12.7. The lowest BCUT2D eigenvalue weighted by Gasteiger charge is -2.13. The van der Waals surface area contributed by atoms with Crippen molar-refractivity contribution < 1.29 is 4.79 Å². The van der Waals surface area contributed by atoms with Crippen molar-refractivity contribution in [3.05, 3.63) is 17.7 Å². The fourth-order valence-electron chi connectivity index (χ4n) is 1.77. The van der Waals surface area contributed by atoms with Crippen molar-refractivity contribution in [3.63, 3.8) is 0 Å². The second-order valence-electron chi connectivity index (χ2n) is 3.88. The molecule has 0 spiro atoms. The number of nitrogens with one attached hydrogen (secondary N) is 1. The molecule has 90 valence electrons. The molecule has 0 aliphatic rings. The predicted molar refractivity (Wildman–Crippen MR) is 63.0 cm³/mol. The van der Waals surface area contributed by atoms with Crippen LogP contribution in [-0.2, 0) is 17.8 Å². The van der Waals surface area contributed by atoms with Gasteiger partial charge in [0, 0.05) is 19.2 Å². The first-order valence-electron chi connectivity index (χ1n) is 5.57. The second kappa shape index (κ2) is 5.65. The van der Waals surface area contributed by atoms with E-state index in [1.807, 2.05) is 13.1 Å². The van der Waals surface area contributed by atoms with Crippen LogP contribution in [0.5, 0.6) is 0 Å². The van der Waals surface area contributed by atoms with Crippen LogP contribution in [0.1, 0.15) is 24.9 Å².